The van der Waals surface area contributed by atoms with Crippen LogP contribution >= 0.6 is 0 Å². The normalized spacial score (nSPS) is 12.3. The molecule has 0 aliphatic heterocycles. The SMILES string of the molecule is COc1ccc(CNCCC(N)c2ccc(F)cc2)c2ccccc12. The van der Waals surface area contributed by atoms with Gasteiger partial charge in [-0.3, -0.25) is 0 Å². The zero-order valence-electron chi connectivity index (χ0n) is 14.3. The van der Waals surface area contributed by atoms with Crippen LogP contribution in [0, 0.1) is 5.82 Å². The van der Waals surface area contributed by atoms with Gasteiger partial charge in [-0.25, -0.2) is 4.39 Å². The molecule has 0 spiro atoms. The van der Waals surface area contributed by atoms with Gasteiger partial charge in [0.25, 0.3) is 0 Å². The number of fused-ring (bicyclic) bond motifs is 1. The minimum atomic E-state index is -0.236. The largest absolute Gasteiger partial charge is 0.496 e. The number of methoxy groups -OCH3 is 1. The lowest BCUT2D eigenvalue weighted by molar-refractivity contribution is 0.419. The minimum Gasteiger partial charge on any atom is -0.496 e. The van der Waals surface area contributed by atoms with Crippen LogP contribution in [0.1, 0.15) is 23.6 Å². The maximum absolute atomic E-state index is 13.0. The van der Waals surface area contributed by atoms with Gasteiger partial charge in [0.15, 0.2) is 0 Å². The van der Waals surface area contributed by atoms with Gasteiger partial charge >= 0.3 is 0 Å². The van der Waals surface area contributed by atoms with Gasteiger partial charge in [-0.15, -0.1) is 0 Å². The number of benzene rings is 3. The summed E-state index contributed by atoms with van der Waals surface area (Å²) in [5, 5.41) is 5.76. The van der Waals surface area contributed by atoms with Crippen LogP contribution in [0.2, 0.25) is 0 Å². The van der Waals surface area contributed by atoms with E-state index < -0.39 is 0 Å². The molecule has 3 aromatic rings. The first kappa shape index (κ1) is 17.4. The molecule has 0 saturated heterocycles. The molecule has 0 aromatic heterocycles. The average molecular weight is 338 g/mol. The van der Waals surface area contributed by atoms with Crippen LogP contribution in [0.3, 0.4) is 0 Å². The van der Waals surface area contributed by atoms with Crippen molar-refractivity contribution in [1.82, 2.24) is 5.32 Å². The lowest BCUT2D eigenvalue weighted by Crippen LogP contribution is -2.21. The molecule has 0 bridgehead atoms. The number of nitrogens with two attached hydrogens (primary N) is 1. The molecule has 3 nitrogen and oxygen atoms in total. The number of rotatable bonds is 7. The van der Waals surface area contributed by atoms with Gasteiger partial charge in [-0.05, 0) is 47.7 Å². The number of nitrogens with one attached hydrogen (secondary N) is 1. The molecule has 25 heavy (non-hydrogen) atoms. The summed E-state index contributed by atoms with van der Waals surface area (Å²) in [6.45, 7) is 1.56. The first-order chi connectivity index (χ1) is 12.2. The molecule has 130 valence electrons. The van der Waals surface area contributed by atoms with Crippen molar-refractivity contribution in [3.8, 4) is 5.75 Å². The zero-order valence-corrected chi connectivity index (χ0v) is 14.3. The number of hydrogen-bond donors (Lipinski definition) is 2. The van der Waals surface area contributed by atoms with Crippen molar-refractivity contribution in [1.29, 1.82) is 0 Å². The average Bonchev–Trinajstić information content (AvgIpc) is 2.65. The third-order valence-corrected chi connectivity index (χ3v) is 4.44. The molecule has 0 heterocycles. The Morgan fingerprint density at radius 1 is 1.00 bits per heavy atom. The highest BCUT2D eigenvalue weighted by Gasteiger charge is 2.08. The van der Waals surface area contributed by atoms with E-state index in [-0.39, 0.29) is 11.9 Å². The fraction of sp³-hybridized carbons (Fsp3) is 0.238. The Bertz CT molecular complexity index is 833. The molecule has 1 atom stereocenters. The van der Waals surface area contributed by atoms with Gasteiger partial charge in [0.05, 0.1) is 7.11 Å². The molecular weight excluding hydrogens is 315 g/mol. The molecule has 0 aliphatic carbocycles. The topological polar surface area (TPSA) is 47.3 Å². The second-order valence-corrected chi connectivity index (χ2v) is 6.10. The van der Waals surface area contributed by atoms with Crippen LogP contribution in [0.5, 0.6) is 5.75 Å². The monoisotopic (exact) mass is 338 g/mol. The minimum absolute atomic E-state index is 0.0966. The van der Waals surface area contributed by atoms with Crippen molar-refractivity contribution < 1.29 is 9.13 Å². The summed E-state index contributed by atoms with van der Waals surface area (Å²) < 4.78 is 18.4. The summed E-state index contributed by atoms with van der Waals surface area (Å²) in [7, 11) is 1.69. The zero-order chi connectivity index (χ0) is 17.6. The highest BCUT2D eigenvalue weighted by Crippen LogP contribution is 2.28. The Hall–Kier alpha value is -2.43. The van der Waals surface area contributed by atoms with E-state index in [9.17, 15) is 4.39 Å². The lowest BCUT2D eigenvalue weighted by atomic mass is 10.0. The standard InChI is InChI=1S/C21H23FN2O/c1-25-21-11-8-16(18-4-2-3-5-19(18)21)14-24-13-12-20(23)15-6-9-17(22)10-7-15/h2-11,20,24H,12-14,23H2,1H3. The third kappa shape index (κ3) is 4.16. The van der Waals surface area contributed by atoms with Crippen molar-refractivity contribution in [3.63, 3.8) is 0 Å². The fourth-order valence-corrected chi connectivity index (χ4v) is 3.02. The van der Waals surface area contributed by atoms with Gasteiger partial charge in [0.1, 0.15) is 11.6 Å². The van der Waals surface area contributed by atoms with E-state index in [1.54, 1.807) is 19.2 Å². The Morgan fingerprint density at radius 3 is 2.44 bits per heavy atom. The smallest absolute Gasteiger partial charge is 0.126 e. The van der Waals surface area contributed by atoms with E-state index in [4.69, 9.17) is 10.5 Å². The van der Waals surface area contributed by atoms with Crippen LogP contribution in [0.25, 0.3) is 10.8 Å². The lowest BCUT2D eigenvalue weighted by Gasteiger charge is -2.14. The predicted octanol–water partition coefficient (Wildman–Crippen LogP) is 4.17. The van der Waals surface area contributed by atoms with Crippen molar-refractivity contribution in [2.75, 3.05) is 13.7 Å². The van der Waals surface area contributed by atoms with E-state index in [0.29, 0.717) is 0 Å². The summed E-state index contributed by atoms with van der Waals surface area (Å²) in [6, 6.07) is 18.6. The van der Waals surface area contributed by atoms with E-state index in [1.165, 1.54) is 23.1 Å². The van der Waals surface area contributed by atoms with Crippen molar-refractivity contribution in [3.05, 3.63) is 77.6 Å². The highest BCUT2D eigenvalue weighted by atomic mass is 19.1. The van der Waals surface area contributed by atoms with Crippen molar-refractivity contribution in [2.45, 2.75) is 19.0 Å². The first-order valence-electron chi connectivity index (χ1n) is 8.45. The molecule has 0 aliphatic rings. The van der Waals surface area contributed by atoms with Crippen molar-refractivity contribution in [2.24, 2.45) is 5.73 Å². The van der Waals surface area contributed by atoms with Gasteiger partial charge < -0.3 is 15.8 Å². The quantitative estimate of drug-likeness (QED) is 0.636. The molecule has 3 N–H and O–H groups in total. The number of halogens is 1. The number of ether oxygens (including phenoxy) is 1. The van der Waals surface area contributed by atoms with Crippen LogP contribution in [0.4, 0.5) is 4.39 Å². The van der Waals surface area contributed by atoms with Crippen molar-refractivity contribution >= 4 is 10.8 Å². The summed E-state index contributed by atoms with van der Waals surface area (Å²) >= 11 is 0. The van der Waals surface area contributed by atoms with Crippen LogP contribution in [-0.2, 0) is 6.54 Å². The number of hydrogen-bond acceptors (Lipinski definition) is 3. The van der Waals surface area contributed by atoms with E-state index >= 15 is 0 Å². The maximum atomic E-state index is 13.0. The van der Waals surface area contributed by atoms with Gasteiger partial charge in [-0.2, -0.15) is 0 Å². The second-order valence-electron chi connectivity index (χ2n) is 6.10. The molecule has 4 heteroatoms. The van der Waals surface area contributed by atoms with E-state index in [1.807, 2.05) is 18.2 Å². The summed E-state index contributed by atoms with van der Waals surface area (Å²) in [4.78, 5) is 0. The Labute approximate surface area is 147 Å². The molecule has 3 rings (SSSR count). The molecule has 0 amide bonds. The molecule has 1 unspecified atom stereocenters. The fourth-order valence-electron chi connectivity index (χ4n) is 3.02. The van der Waals surface area contributed by atoms with Crippen LogP contribution in [-0.4, -0.2) is 13.7 Å². The van der Waals surface area contributed by atoms with Gasteiger partial charge in [0, 0.05) is 18.0 Å². The Kier molecular flexibility index (Phi) is 5.64. The Morgan fingerprint density at radius 2 is 1.72 bits per heavy atom. The summed E-state index contributed by atoms with van der Waals surface area (Å²) in [6.07, 6.45) is 0.791. The summed E-state index contributed by atoms with van der Waals surface area (Å²) in [5.74, 6) is 0.651. The summed E-state index contributed by atoms with van der Waals surface area (Å²) in [5.41, 5.74) is 8.36. The predicted molar refractivity (Wildman–Crippen MR) is 100 cm³/mol. The van der Waals surface area contributed by atoms with Crippen LogP contribution in [0.15, 0.2) is 60.7 Å². The second kappa shape index (κ2) is 8.10. The molecule has 0 fully saturated rings. The third-order valence-electron chi connectivity index (χ3n) is 4.44. The van der Waals surface area contributed by atoms with E-state index in [0.717, 1.165) is 36.2 Å². The molecular formula is C21H23FN2O. The van der Waals surface area contributed by atoms with E-state index in [2.05, 4.69) is 23.5 Å². The Balaban J connectivity index is 1.59. The molecule has 0 radical (unpaired) electrons. The van der Waals surface area contributed by atoms with Gasteiger partial charge in [-0.1, -0.05) is 42.5 Å². The first-order valence-corrected chi connectivity index (χ1v) is 8.45. The maximum Gasteiger partial charge on any atom is 0.126 e. The molecule has 0 saturated carbocycles. The molecule has 3 aromatic carbocycles. The highest BCUT2D eigenvalue weighted by molar-refractivity contribution is 5.91. The van der Waals surface area contributed by atoms with Gasteiger partial charge in [0.2, 0.25) is 0 Å². The van der Waals surface area contributed by atoms with Crippen LogP contribution < -0.4 is 15.8 Å².